The van der Waals surface area contributed by atoms with Crippen LogP contribution in [-0.4, -0.2) is 5.78 Å². The minimum Gasteiger partial charge on any atom is -0.318 e. The molecule has 0 spiro atoms. The summed E-state index contributed by atoms with van der Waals surface area (Å²) in [6, 6.07) is 6.77. The first-order valence-corrected chi connectivity index (χ1v) is 4.11. The first-order chi connectivity index (χ1) is 5.61. The van der Waals surface area contributed by atoms with Crippen LogP contribution in [0.1, 0.15) is 18.5 Å². The Morgan fingerprint density at radius 1 is 1.42 bits per heavy atom. The third kappa shape index (κ3) is 2.09. The molecule has 0 bridgehead atoms. The molecule has 1 aromatic carbocycles. The van der Waals surface area contributed by atoms with Crippen molar-refractivity contribution in [3.63, 3.8) is 0 Å². The molecule has 0 aromatic heterocycles. The van der Waals surface area contributed by atoms with Gasteiger partial charge in [0, 0.05) is 4.90 Å². The summed E-state index contributed by atoms with van der Waals surface area (Å²) in [5, 5.41) is 0. The maximum Gasteiger partial charge on any atom is 0.150 e. The van der Waals surface area contributed by atoms with E-state index in [1.54, 1.807) is 0 Å². The number of carbonyl (C=O) groups excluding carboxylic acids is 1. The molecule has 12 heavy (non-hydrogen) atoms. The molecule has 2 N–H and O–H groups in total. The van der Waals surface area contributed by atoms with E-state index in [-0.39, 0.29) is 5.78 Å². The number of nitrogens with two attached hydrogens (primary N) is 1. The summed E-state index contributed by atoms with van der Waals surface area (Å²) in [4.78, 5) is 11.8. The molecule has 0 aliphatic carbocycles. The summed E-state index contributed by atoms with van der Waals surface area (Å²) in [5.41, 5.74) is 6.45. The van der Waals surface area contributed by atoms with Crippen LogP contribution in [-0.2, 0) is 4.79 Å². The normalized spacial score (nSPS) is 12.6. The Kier molecular flexibility index (Phi) is 2.89. The molecule has 2 nitrogen and oxygen atoms in total. The lowest BCUT2D eigenvalue weighted by atomic mass is 10.1. The van der Waals surface area contributed by atoms with Gasteiger partial charge in [-0.25, -0.2) is 0 Å². The van der Waals surface area contributed by atoms with Crippen LogP contribution in [0.15, 0.2) is 29.2 Å². The van der Waals surface area contributed by atoms with Crippen LogP contribution in [0.2, 0.25) is 0 Å². The summed E-state index contributed by atoms with van der Waals surface area (Å²) in [7, 11) is 0. The fourth-order valence-electron chi connectivity index (χ4n) is 0.916. The smallest absolute Gasteiger partial charge is 0.150 e. The fourth-order valence-corrected chi connectivity index (χ4v) is 1.07. The fraction of sp³-hybridized carbons (Fsp3) is 0.222. The highest BCUT2D eigenvalue weighted by atomic mass is 32.1. The second-order valence-electron chi connectivity index (χ2n) is 2.68. The van der Waals surface area contributed by atoms with E-state index >= 15 is 0 Å². The number of benzene rings is 1. The molecule has 3 heteroatoms. The Morgan fingerprint density at radius 3 is 2.33 bits per heavy atom. The standard InChI is InChI=1S/C9H11NOS/c1-6(11)9(10)7-2-4-8(12)5-3-7/h2-5,9,12H,10H2,1H3. The van der Waals surface area contributed by atoms with Crippen LogP contribution >= 0.6 is 12.6 Å². The third-order valence-corrected chi connectivity index (χ3v) is 1.99. The summed E-state index contributed by atoms with van der Waals surface area (Å²) in [5.74, 6) is -0.0260. The van der Waals surface area contributed by atoms with Gasteiger partial charge in [0.25, 0.3) is 0 Å². The van der Waals surface area contributed by atoms with Gasteiger partial charge in [0.05, 0.1) is 6.04 Å². The number of thiol groups is 1. The van der Waals surface area contributed by atoms with E-state index < -0.39 is 6.04 Å². The quantitative estimate of drug-likeness (QED) is 0.680. The van der Waals surface area contributed by atoms with E-state index in [9.17, 15) is 4.79 Å². The second kappa shape index (κ2) is 3.74. The van der Waals surface area contributed by atoms with Gasteiger partial charge in [-0.3, -0.25) is 4.79 Å². The van der Waals surface area contributed by atoms with Gasteiger partial charge < -0.3 is 5.73 Å². The first kappa shape index (κ1) is 9.29. The Hall–Kier alpha value is -0.800. The predicted octanol–water partition coefficient (Wildman–Crippen LogP) is 1.56. The van der Waals surface area contributed by atoms with E-state index in [4.69, 9.17) is 5.73 Å². The lowest BCUT2D eigenvalue weighted by molar-refractivity contribution is -0.118. The molecule has 0 aliphatic heterocycles. The van der Waals surface area contributed by atoms with Crippen LogP contribution in [0.3, 0.4) is 0 Å². The van der Waals surface area contributed by atoms with Crippen molar-refractivity contribution in [1.29, 1.82) is 0 Å². The van der Waals surface area contributed by atoms with Gasteiger partial charge in [-0.15, -0.1) is 12.6 Å². The van der Waals surface area contributed by atoms with Crippen LogP contribution in [0.4, 0.5) is 0 Å². The molecule has 1 aromatic rings. The molecule has 1 atom stereocenters. The number of rotatable bonds is 2. The lowest BCUT2D eigenvalue weighted by Crippen LogP contribution is -2.18. The molecular weight excluding hydrogens is 170 g/mol. The Labute approximate surface area is 77.2 Å². The summed E-state index contributed by atoms with van der Waals surface area (Å²) >= 11 is 4.13. The molecule has 0 heterocycles. The molecule has 0 amide bonds. The lowest BCUT2D eigenvalue weighted by Gasteiger charge is -2.07. The zero-order valence-corrected chi connectivity index (χ0v) is 7.71. The highest BCUT2D eigenvalue weighted by molar-refractivity contribution is 7.80. The Morgan fingerprint density at radius 2 is 1.92 bits per heavy atom. The maximum atomic E-state index is 10.9. The highest BCUT2D eigenvalue weighted by Crippen LogP contribution is 2.13. The van der Waals surface area contributed by atoms with Crippen LogP contribution in [0.25, 0.3) is 0 Å². The van der Waals surface area contributed by atoms with Crippen LogP contribution < -0.4 is 5.73 Å². The molecule has 0 radical (unpaired) electrons. The largest absolute Gasteiger partial charge is 0.318 e. The van der Waals surface area contributed by atoms with E-state index in [1.807, 2.05) is 24.3 Å². The number of Topliss-reactive ketones (excluding diaryl/α,β-unsaturated/α-hetero) is 1. The van der Waals surface area contributed by atoms with Crippen molar-refractivity contribution in [3.8, 4) is 0 Å². The number of carbonyl (C=O) groups is 1. The molecule has 1 rings (SSSR count). The molecule has 0 fully saturated rings. The van der Waals surface area contributed by atoms with E-state index in [0.717, 1.165) is 10.5 Å². The molecule has 0 saturated carbocycles. The number of ketones is 1. The molecular formula is C9H11NOS. The average molecular weight is 181 g/mol. The van der Waals surface area contributed by atoms with Crippen molar-refractivity contribution in [2.45, 2.75) is 17.9 Å². The summed E-state index contributed by atoms with van der Waals surface area (Å²) in [6.45, 7) is 1.49. The van der Waals surface area contributed by atoms with Gasteiger partial charge >= 0.3 is 0 Å². The number of hydrogen-bond donors (Lipinski definition) is 2. The molecule has 1 unspecified atom stereocenters. The predicted molar refractivity (Wildman–Crippen MR) is 51.3 cm³/mol. The van der Waals surface area contributed by atoms with E-state index in [0.29, 0.717) is 0 Å². The van der Waals surface area contributed by atoms with Gasteiger partial charge in [-0.2, -0.15) is 0 Å². The van der Waals surface area contributed by atoms with Crippen LogP contribution in [0.5, 0.6) is 0 Å². The maximum absolute atomic E-state index is 10.9. The summed E-state index contributed by atoms with van der Waals surface area (Å²) in [6.07, 6.45) is 0. The Bertz CT molecular complexity index is 281. The van der Waals surface area contributed by atoms with Gasteiger partial charge in [-0.05, 0) is 24.6 Å². The first-order valence-electron chi connectivity index (χ1n) is 3.66. The second-order valence-corrected chi connectivity index (χ2v) is 3.20. The van der Waals surface area contributed by atoms with Crippen molar-refractivity contribution in [3.05, 3.63) is 29.8 Å². The van der Waals surface area contributed by atoms with Crippen molar-refractivity contribution >= 4 is 18.4 Å². The molecule has 64 valence electrons. The SMILES string of the molecule is CC(=O)C(N)c1ccc(S)cc1. The molecule has 0 saturated heterocycles. The summed E-state index contributed by atoms with van der Waals surface area (Å²) < 4.78 is 0. The molecule has 0 aliphatic rings. The van der Waals surface area contributed by atoms with Gasteiger partial charge in [-0.1, -0.05) is 12.1 Å². The topological polar surface area (TPSA) is 43.1 Å². The van der Waals surface area contributed by atoms with E-state index in [2.05, 4.69) is 12.6 Å². The van der Waals surface area contributed by atoms with Crippen LogP contribution in [0, 0.1) is 0 Å². The zero-order valence-electron chi connectivity index (χ0n) is 6.82. The van der Waals surface area contributed by atoms with Crippen molar-refractivity contribution < 1.29 is 4.79 Å². The monoisotopic (exact) mass is 181 g/mol. The third-order valence-electron chi connectivity index (χ3n) is 1.69. The highest BCUT2D eigenvalue weighted by Gasteiger charge is 2.09. The van der Waals surface area contributed by atoms with Gasteiger partial charge in [0.2, 0.25) is 0 Å². The van der Waals surface area contributed by atoms with E-state index in [1.165, 1.54) is 6.92 Å². The minimum absolute atomic E-state index is 0.0260. The minimum atomic E-state index is -0.501. The van der Waals surface area contributed by atoms with Crippen molar-refractivity contribution in [2.75, 3.05) is 0 Å². The zero-order chi connectivity index (χ0) is 9.14. The van der Waals surface area contributed by atoms with Gasteiger partial charge in [0.15, 0.2) is 5.78 Å². The van der Waals surface area contributed by atoms with Crippen molar-refractivity contribution in [2.24, 2.45) is 5.73 Å². The van der Waals surface area contributed by atoms with Gasteiger partial charge in [0.1, 0.15) is 0 Å². The van der Waals surface area contributed by atoms with Crippen molar-refractivity contribution in [1.82, 2.24) is 0 Å². The average Bonchev–Trinajstić information content (AvgIpc) is 2.04. The Balaban J connectivity index is 2.89. The number of hydrogen-bond acceptors (Lipinski definition) is 3.